The van der Waals surface area contributed by atoms with Gasteiger partial charge in [0.15, 0.2) is 12.4 Å². The molecule has 2 N–H and O–H groups in total. The van der Waals surface area contributed by atoms with Gasteiger partial charge in [-0.25, -0.2) is 0 Å². The molecule has 0 aromatic heterocycles. The number of esters is 1. The van der Waals surface area contributed by atoms with Crippen LogP contribution >= 0.6 is 0 Å². The van der Waals surface area contributed by atoms with Gasteiger partial charge in [-0.05, 0) is 48.8 Å². The highest BCUT2D eigenvalue weighted by molar-refractivity contribution is 6.01. The third kappa shape index (κ3) is 2.72. The molecule has 156 valence electrons. The highest BCUT2D eigenvalue weighted by Crippen LogP contribution is 2.65. The van der Waals surface area contributed by atoms with Crippen molar-refractivity contribution in [3.05, 3.63) is 36.0 Å². The number of fused-ring (bicyclic) bond motifs is 5. The summed E-state index contributed by atoms with van der Waals surface area (Å²) in [6.45, 7) is 4.69. The fraction of sp³-hybridized carbons (Fsp3) is 0.609. The molecule has 0 spiro atoms. The summed E-state index contributed by atoms with van der Waals surface area (Å²) in [4.78, 5) is 35.8. The number of carbonyl (C=O) groups excluding carboxylic acids is 3. The molecule has 0 heterocycles. The standard InChI is InChI=1S/C23H28O6/c1-13(24)29-12-19(27)23(28)9-7-17-16-5-4-14-10-15(25)6-8-21(14,2)20(16)18(26)11-22(17,23)3/h4-6,8,10,16-18,20,26,28H,7,9,11-12H2,1-3H3/t16-,17+,18-,20-,21-,22-,23+/m0/s1. The zero-order chi connectivity index (χ0) is 21.2. The molecule has 29 heavy (non-hydrogen) atoms. The first-order chi connectivity index (χ1) is 13.5. The van der Waals surface area contributed by atoms with Gasteiger partial charge in [0.05, 0.1) is 6.10 Å². The van der Waals surface area contributed by atoms with E-state index in [1.807, 2.05) is 32.1 Å². The Hall–Kier alpha value is -2.05. The van der Waals surface area contributed by atoms with Crippen molar-refractivity contribution >= 4 is 17.5 Å². The summed E-state index contributed by atoms with van der Waals surface area (Å²) in [6.07, 6.45) is 9.54. The fourth-order valence-electron chi connectivity index (χ4n) is 6.53. The molecule has 4 aliphatic carbocycles. The number of carbonyl (C=O) groups is 3. The van der Waals surface area contributed by atoms with E-state index in [1.165, 1.54) is 6.92 Å². The minimum absolute atomic E-state index is 0.00262. The van der Waals surface area contributed by atoms with Gasteiger partial charge in [-0.3, -0.25) is 14.4 Å². The van der Waals surface area contributed by atoms with E-state index in [-0.39, 0.29) is 36.4 Å². The molecule has 2 saturated carbocycles. The Labute approximate surface area is 170 Å². The van der Waals surface area contributed by atoms with Crippen LogP contribution in [0.2, 0.25) is 0 Å². The molecule has 0 saturated heterocycles. The summed E-state index contributed by atoms with van der Waals surface area (Å²) in [5, 5.41) is 22.7. The van der Waals surface area contributed by atoms with Gasteiger partial charge in [0.2, 0.25) is 5.78 Å². The van der Waals surface area contributed by atoms with Crippen LogP contribution in [0.15, 0.2) is 36.0 Å². The first-order valence-electron chi connectivity index (χ1n) is 10.2. The highest BCUT2D eigenvalue weighted by atomic mass is 16.5. The average molecular weight is 400 g/mol. The van der Waals surface area contributed by atoms with E-state index >= 15 is 0 Å². The van der Waals surface area contributed by atoms with Crippen molar-refractivity contribution in [1.82, 2.24) is 0 Å². The van der Waals surface area contributed by atoms with Gasteiger partial charge in [-0.1, -0.05) is 32.1 Å². The number of ketones is 2. The molecule has 4 rings (SSSR count). The number of allylic oxidation sites excluding steroid dienone is 6. The van der Waals surface area contributed by atoms with Crippen LogP contribution in [0.4, 0.5) is 0 Å². The van der Waals surface area contributed by atoms with E-state index in [2.05, 4.69) is 0 Å². The Morgan fingerprint density at radius 1 is 1.28 bits per heavy atom. The van der Waals surface area contributed by atoms with Crippen molar-refractivity contribution in [1.29, 1.82) is 0 Å². The molecule has 7 atom stereocenters. The van der Waals surface area contributed by atoms with Crippen LogP contribution in [-0.2, 0) is 19.1 Å². The fourth-order valence-corrected chi connectivity index (χ4v) is 6.53. The van der Waals surface area contributed by atoms with Gasteiger partial charge in [0.1, 0.15) is 5.60 Å². The first kappa shape index (κ1) is 20.2. The van der Waals surface area contributed by atoms with Crippen molar-refractivity contribution in [2.24, 2.45) is 28.6 Å². The molecule has 0 unspecified atom stereocenters. The van der Waals surface area contributed by atoms with Gasteiger partial charge in [-0.15, -0.1) is 0 Å². The summed E-state index contributed by atoms with van der Waals surface area (Å²) < 4.78 is 4.86. The first-order valence-corrected chi connectivity index (χ1v) is 10.2. The number of ether oxygens (including phenoxy) is 1. The van der Waals surface area contributed by atoms with Gasteiger partial charge < -0.3 is 14.9 Å². The maximum Gasteiger partial charge on any atom is 0.303 e. The Kier molecular flexibility index (Phi) is 4.52. The van der Waals surface area contributed by atoms with Crippen LogP contribution in [-0.4, -0.2) is 46.1 Å². The monoisotopic (exact) mass is 400 g/mol. The molecule has 0 amide bonds. The molecule has 6 heteroatoms. The van der Waals surface area contributed by atoms with E-state index in [4.69, 9.17) is 4.74 Å². The van der Waals surface area contributed by atoms with E-state index < -0.39 is 40.9 Å². The van der Waals surface area contributed by atoms with Crippen molar-refractivity contribution in [3.63, 3.8) is 0 Å². The van der Waals surface area contributed by atoms with Crippen molar-refractivity contribution in [3.8, 4) is 0 Å². The second kappa shape index (κ2) is 6.47. The molecular weight excluding hydrogens is 372 g/mol. The molecule has 2 fully saturated rings. The lowest BCUT2D eigenvalue weighted by molar-refractivity contribution is -0.175. The lowest BCUT2D eigenvalue weighted by Crippen LogP contribution is -2.61. The minimum Gasteiger partial charge on any atom is -0.458 e. The SMILES string of the molecule is CC(=O)OCC(=O)[C@]1(O)CC[C@@H]2[C@@H]3C=CC4=CC(=O)C=C[C@]4(C)[C@@H]3[C@@H](O)C[C@@]21C. The number of Topliss-reactive ketones (excluding diaryl/α,β-unsaturated/α-hetero) is 1. The third-order valence-corrected chi connectivity index (χ3v) is 8.08. The van der Waals surface area contributed by atoms with Gasteiger partial charge in [-0.2, -0.15) is 0 Å². The van der Waals surface area contributed by atoms with Crippen molar-refractivity contribution in [2.75, 3.05) is 6.61 Å². The maximum absolute atomic E-state index is 12.8. The predicted molar refractivity (Wildman–Crippen MR) is 105 cm³/mol. The minimum atomic E-state index is -1.64. The average Bonchev–Trinajstić information content (AvgIpc) is 2.91. The quantitative estimate of drug-likeness (QED) is 0.702. The van der Waals surface area contributed by atoms with Crippen molar-refractivity contribution < 1.29 is 29.3 Å². The highest BCUT2D eigenvalue weighted by Gasteiger charge is 2.67. The topological polar surface area (TPSA) is 101 Å². The van der Waals surface area contributed by atoms with Gasteiger partial charge >= 0.3 is 5.97 Å². The van der Waals surface area contributed by atoms with Gasteiger partial charge in [0, 0.05) is 23.7 Å². The molecule has 0 aromatic rings. The smallest absolute Gasteiger partial charge is 0.303 e. The Morgan fingerprint density at radius 3 is 2.69 bits per heavy atom. The van der Waals surface area contributed by atoms with Crippen LogP contribution < -0.4 is 0 Å². The van der Waals surface area contributed by atoms with Crippen molar-refractivity contribution in [2.45, 2.75) is 51.7 Å². The molecule has 4 aliphatic rings. The second-order valence-corrected chi connectivity index (χ2v) is 9.48. The summed E-state index contributed by atoms with van der Waals surface area (Å²) in [7, 11) is 0. The zero-order valence-electron chi connectivity index (χ0n) is 17.1. The number of rotatable bonds is 3. The summed E-state index contributed by atoms with van der Waals surface area (Å²) in [5.74, 6) is -1.28. The summed E-state index contributed by atoms with van der Waals surface area (Å²) >= 11 is 0. The van der Waals surface area contributed by atoms with Crippen LogP contribution in [0.3, 0.4) is 0 Å². The Morgan fingerprint density at radius 2 is 2.00 bits per heavy atom. The summed E-state index contributed by atoms with van der Waals surface area (Å²) in [5.41, 5.74) is -2.02. The van der Waals surface area contributed by atoms with Gasteiger partial charge in [0.25, 0.3) is 0 Å². The normalized spacial score (nSPS) is 45.1. The summed E-state index contributed by atoms with van der Waals surface area (Å²) in [6, 6.07) is 0. The maximum atomic E-state index is 12.8. The van der Waals surface area contributed by atoms with E-state index in [0.717, 1.165) is 5.57 Å². The largest absolute Gasteiger partial charge is 0.458 e. The van der Waals surface area contributed by atoms with E-state index in [9.17, 15) is 24.6 Å². The zero-order valence-corrected chi connectivity index (χ0v) is 17.1. The van der Waals surface area contributed by atoms with Crippen LogP contribution in [0.5, 0.6) is 0 Å². The molecule has 0 aliphatic heterocycles. The Balaban J connectivity index is 1.70. The Bertz CT molecular complexity index is 869. The number of aliphatic hydroxyl groups is 2. The van der Waals surface area contributed by atoms with E-state index in [0.29, 0.717) is 6.42 Å². The number of hydrogen-bond donors (Lipinski definition) is 2. The molecule has 0 radical (unpaired) electrons. The van der Waals surface area contributed by atoms with Crippen LogP contribution in [0.1, 0.15) is 40.0 Å². The molecule has 0 bridgehead atoms. The number of aliphatic hydroxyl groups excluding tert-OH is 1. The molecule has 6 nitrogen and oxygen atoms in total. The third-order valence-electron chi connectivity index (χ3n) is 8.08. The lowest BCUT2D eigenvalue weighted by Gasteiger charge is -2.57. The lowest BCUT2D eigenvalue weighted by atomic mass is 9.48. The van der Waals surface area contributed by atoms with Crippen LogP contribution in [0, 0.1) is 28.6 Å². The number of hydrogen-bond acceptors (Lipinski definition) is 6. The predicted octanol–water partition coefficient (Wildman–Crippen LogP) is 1.90. The molecule has 0 aromatic carbocycles. The van der Waals surface area contributed by atoms with Crippen LogP contribution in [0.25, 0.3) is 0 Å². The second-order valence-electron chi connectivity index (χ2n) is 9.48. The van der Waals surface area contributed by atoms with E-state index in [1.54, 1.807) is 12.2 Å². The molecular formula is C23H28O6.